The van der Waals surface area contributed by atoms with E-state index < -0.39 is 0 Å². The second-order valence-corrected chi connectivity index (χ2v) is 3.53. The van der Waals surface area contributed by atoms with Crippen molar-refractivity contribution < 1.29 is 9.53 Å². The number of hydrogen-bond acceptors (Lipinski definition) is 3. The fourth-order valence-electron chi connectivity index (χ4n) is 0.863. The normalized spacial score (nSPS) is 9.50. The van der Waals surface area contributed by atoms with Gasteiger partial charge in [-0.1, -0.05) is 30.0 Å². The summed E-state index contributed by atoms with van der Waals surface area (Å²) in [5, 5.41) is 2.56. The number of hydrogen-bond donors (Lipinski definition) is 1. The van der Waals surface area contributed by atoms with Crippen molar-refractivity contribution in [3.8, 4) is 0 Å². The molecule has 0 aliphatic rings. The maximum Gasteiger partial charge on any atom is 0.407 e. The van der Waals surface area contributed by atoms with E-state index in [4.69, 9.17) is 4.74 Å². The summed E-state index contributed by atoms with van der Waals surface area (Å²) in [6, 6.07) is 9.81. The molecule has 0 aromatic heterocycles. The van der Waals surface area contributed by atoms with Crippen LogP contribution in [-0.4, -0.2) is 18.6 Å². The molecule has 0 radical (unpaired) electrons. The molecule has 14 heavy (non-hydrogen) atoms. The van der Waals surface area contributed by atoms with Crippen molar-refractivity contribution in [2.75, 3.05) is 12.5 Å². The highest BCUT2D eigenvalue weighted by Gasteiger charge is 1.98. The number of ether oxygens (including phenoxy) is 1. The van der Waals surface area contributed by atoms with Gasteiger partial charge in [-0.15, -0.1) is 0 Å². The molecule has 0 heterocycles. The lowest BCUT2D eigenvalue weighted by Crippen LogP contribution is -2.23. The maximum atomic E-state index is 10.9. The third kappa shape index (κ3) is 4.18. The van der Waals surface area contributed by atoms with Crippen LogP contribution >= 0.6 is 11.8 Å². The number of amides is 1. The summed E-state index contributed by atoms with van der Waals surface area (Å²) in [5.74, 6) is 0.343. The summed E-state index contributed by atoms with van der Waals surface area (Å²) in [5.41, 5.74) is 0. The van der Waals surface area contributed by atoms with Crippen LogP contribution in [-0.2, 0) is 4.74 Å². The SMILES string of the molecule is CCNC(=O)OCSc1ccccc1. The van der Waals surface area contributed by atoms with Gasteiger partial charge in [0.15, 0.2) is 0 Å². The van der Waals surface area contributed by atoms with Crippen molar-refractivity contribution in [1.29, 1.82) is 0 Å². The summed E-state index contributed by atoms with van der Waals surface area (Å²) in [4.78, 5) is 12.0. The molecule has 1 aromatic carbocycles. The van der Waals surface area contributed by atoms with Crippen LogP contribution in [0.2, 0.25) is 0 Å². The van der Waals surface area contributed by atoms with Gasteiger partial charge in [-0.25, -0.2) is 4.79 Å². The van der Waals surface area contributed by atoms with Gasteiger partial charge in [-0.3, -0.25) is 0 Å². The van der Waals surface area contributed by atoms with Gasteiger partial charge < -0.3 is 10.1 Å². The number of rotatable bonds is 4. The third-order valence-corrected chi connectivity index (χ3v) is 2.32. The first-order chi connectivity index (χ1) is 6.83. The van der Waals surface area contributed by atoms with E-state index >= 15 is 0 Å². The first-order valence-electron chi connectivity index (χ1n) is 4.41. The fraction of sp³-hybridized carbons (Fsp3) is 0.300. The molecule has 1 N–H and O–H groups in total. The lowest BCUT2D eigenvalue weighted by molar-refractivity contribution is 0.166. The Hall–Kier alpha value is -1.16. The quantitative estimate of drug-likeness (QED) is 0.614. The molecular formula is C10H13NO2S. The van der Waals surface area contributed by atoms with E-state index in [0.717, 1.165) is 4.90 Å². The average Bonchev–Trinajstić information content (AvgIpc) is 2.20. The number of alkyl carbamates (subject to hydrolysis) is 1. The molecular weight excluding hydrogens is 198 g/mol. The zero-order valence-corrected chi connectivity index (χ0v) is 8.84. The molecule has 3 nitrogen and oxygen atoms in total. The van der Waals surface area contributed by atoms with Gasteiger partial charge in [0.1, 0.15) is 5.94 Å². The Balaban J connectivity index is 2.19. The second kappa shape index (κ2) is 6.32. The first kappa shape index (κ1) is 10.9. The Labute approximate surface area is 87.8 Å². The van der Waals surface area contributed by atoms with Crippen LogP contribution in [0.5, 0.6) is 0 Å². The molecule has 0 saturated carbocycles. The minimum absolute atomic E-state index is 0.343. The maximum absolute atomic E-state index is 10.9. The molecule has 76 valence electrons. The highest BCUT2D eigenvalue weighted by atomic mass is 32.2. The number of thioether (sulfide) groups is 1. The summed E-state index contributed by atoms with van der Waals surface area (Å²) in [6.45, 7) is 2.44. The van der Waals surface area contributed by atoms with Gasteiger partial charge in [0, 0.05) is 11.4 Å². The van der Waals surface area contributed by atoms with Crippen molar-refractivity contribution in [3.05, 3.63) is 30.3 Å². The summed E-state index contributed by atoms with van der Waals surface area (Å²) in [6.07, 6.45) is -0.365. The molecule has 0 saturated heterocycles. The van der Waals surface area contributed by atoms with E-state index in [1.165, 1.54) is 11.8 Å². The van der Waals surface area contributed by atoms with Crippen LogP contribution in [0.25, 0.3) is 0 Å². The topological polar surface area (TPSA) is 38.3 Å². The second-order valence-electron chi connectivity index (χ2n) is 2.54. The Morgan fingerprint density at radius 3 is 2.79 bits per heavy atom. The van der Waals surface area contributed by atoms with E-state index in [1.807, 2.05) is 37.3 Å². The zero-order chi connectivity index (χ0) is 10.2. The predicted octanol–water partition coefficient (Wildman–Crippen LogP) is 2.48. The van der Waals surface area contributed by atoms with Crippen molar-refractivity contribution in [3.63, 3.8) is 0 Å². The van der Waals surface area contributed by atoms with Crippen LogP contribution in [0, 0.1) is 0 Å². The van der Waals surface area contributed by atoms with Gasteiger partial charge in [0.25, 0.3) is 0 Å². The standard InChI is InChI=1S/C10H13NO2S/c1-2-11-10(12)13-8-14-9-6-4-3-5-7-9/h3-7H,2,8H2,1H3,(H,11,12). The van der Waals surface area contributed by atoms with E-state index in [0.29, 0.717) is 12.5 Å². The van der Waals surface area contributed by atoms with E-state index in [1.54, 1.807) is 0 Å². The van der Waals surface area contributed by atoms with Crippen molar-refractivity contribution in [1.82, 2.24) is 5.32 Å². The molecule has 0 spiro atoms. The molecule has 0 aliphatic heterocycles. The summed E-state index contributed by atoms with van der Waals surface area (Å²) >= 11 is 1.49. The molecule has 1 rings (SSSR count). The monoisotopic (exact) mass is 211 g/mol. The largest absolute Gasteiger partial charge is 0.438 e. The van der Waals surface area contributed by atoms with Crippen molar-refractivity contribution in [2.45, 2.75) is 11.8 Å². The molecule has 0 fully saturated rings. The highest BCUT2D eigenvalue weighted by Crippen LogP contribution is 2.16. The van der Waals surface area contributed by atoms with Crippen LogP contribution in [0.15, 0.2) is 35.2 Å². The molecule has 0 aliphatic carbocycles. The minimum Gasteiger partial charge on any atom is -0.438 e. The first-order valence-corrected chi connectivity index (χ1v) is 5.40. The Morgan fingerprint density at radius 2 is 2.14 bits per heavy atom. The fourth-order valence-corrected chi connectivity index (χ4v) is 1.51. The number of carbonyl (C=O) groups is 1. The number of carbonyl (C=O) groups excluding carboxylic acids is 1. The Morgan fingerprint density at radius 1 is 1.43 bits per heavy atom. The molecule has 1 amide bonds. The molecule has 4 heteroatoms. The van der Waals surface area contributed by atoms with Crippen LogP contribution in [0.4, 0.5) is 4.79 Å². The predicted molar refractivity (Wildman–Crippen MR) is 57.3 cm³/mol. The lowest BCUT2D eigenvalue weighted by atomic mass is 10.4. The van der Waals surface area contributed by atoms with Gasteiger partial charge >= 0.3 is 6.09 Å². The Kier molecular flexibility index (Phi) is 4.93. The molecule has 0 atom stereocenters. The zero-order valence-electron chi connectivity index (χ0n) is 8.03. The molecule has 0 bridgehead atoms. The van der Waals surface area contributed by atoms with Crippen molar-refractivity contribution in [2.24, 2.45) is 0 Å². The lowest BCUT2D eigenvalue weighted by Gasteiger charge is -2.04. The van der Waals surface area contributed by atoms with Gasteiger partial charge in [0.2, 0.25) is 0 Å². The molecule has 1 aromatic rings. The minimum atomic E-state index is -0.365. The van der Waals surface area contributed by atoms with Gasteiger partial charge in [-0.05, 0) is 19.1 Å². The van der Waals surface area contributed by atoms with E-state index in [2.05, 4.69) is 5.32 Å². The number of benzene rings is 1. The van der Waals surface area contributed by atoms with Crippen molar-refractivity contribution >= 4 is 17.9 Å². The molecule has 0 unspecified atom stereocenters. The Bertz CT molecular complexity index is 277. The van der Waals surface area contributed by atoms with Crippen LogP contribution in [0.1, 0.15) is 6.92 Å². The summed E-state index contributed by atoms with van der Waals surface area (Å²) in [7, 11) is 0. The van der Waals surface area contributed by atoms with Crippen LogP contribution < -0.4 is 5.32 Å². The number of nitrogens with one attached hydrogen (secondary N) is 1. The highest BCUT2D eigenvalue weighted by molar-refractivity contribution is 7.99. The smallest absolute Gasteiger partial charge is 0.407 e. The third-order valence-electron chi connectivity index (χ3n) is 1.48. The van der Waals surface area contributed by atoms with Gasteiger partial charge in [0.05, 0.1) is 0 Å². The van der Waals surface area contributed by atoms with Gasteiger partial charge in [-0.2, -0.15) is 0 Å². The average molecular weight is 211 g/mol. The van der Waals surface area contributed by atoms with Crippen LogP contribution in [0.3, 0.4) is 0 Å². The summed E-state index contributed by atoms with van der Waals surface area (Å²) < 4.78 is 4.90. The van der Waals surface area contributed by atoms with E-state index in [-0.39, 0.29) is 6.09 Å². The van der Waals surface area contributed by atoms with E-state index in [9.17, 15) is 4.79 Å².